The molecule has 0 radical (unpaired) electrons. The summed E-state index contributed by atoms with van der Waals surface area (Å²) in [5.74, 6) is 5.77. The van der Waals surface area contributed by atoms with E-state index in [1.54, 1.807) is 0 Å². The molecule has 0 spiro atoms. The first-order chi connectivity index (χ1) is 28.2. The van der Waals surface area contributed by atoms with E-state index in [1.807, 2.05) is 0 Å². The van der Waals surface area contributed by atoms with Gasteiger partial charge in [0.05, 0.1) is 26.4 Å². The standard InChI is InChI=1S/C47H98O11P2/c1-38(2)18-12-20-40(5)22-14-24-42(7)26-16-28-44(9)30-32-54-36-47(37-58-60(51,52)57-35-46(48)34-56-59(49,50)53-11)55-33-31-45(10)29-17-27-43(8)25-15-23-41(6)21-13-19-39(3)4/h38-48H,12-37H2,1-11H3,(H,49,50)(H,51,52)/t40?,41?,42?,43?,44?,45?,46-,47+/m0/s1. The van der Waals surface area contributed by atoms with Gasteiger partial charge in [-0.25, -0.2) is 9.13 Å². The summed E-state index contributed by atoms with van der Waals surface area (Å²) in [6, 6.07) is 0. The fourth-order valence-electron chi connectivity index (χ4n) is 7.63. The second kappa shape index (κ2) is 36.3. The first-order valence-electron chi connectivity index (χ1n) is 24.3. The van der Waals surface area contributed by atoms with Gasteiger partial charge in [0.1, 0.15) is 12.2 Å². The number of phosphoric ester groups is 2. The number of rotatable bonds is 43. The second-order valence-electron chi connectivity index (χ2n) is 19.8. The van der Waals surface area contributed by atoms with Gasteiger partial charge in [-0.05, 0) is 60.2 Å². The van der Waals surface area contributed by atoms with Crippen LogP contribution in [0.15, 0.2) is 0 Å². The third-order valence-electron chi connectivity index (χ3n) is 12.1. The minimum absolute atomic E-state index is 0.209. The molecule has 11 nitrogen and oxygen atoms in total. The molecule has 0 aliphatic carbocycles. The molecule has 0 fully saturated rings. The monoisotopic (exact) mass is 901 g/mol. The Morgan fingerprint density at radius 3 is 1.10 bits per heavy atom. The topological polar surface area (TPSA) is 150 Å². The van der Waals surface area contributed by atoms with Crippen molar-refractivity contribution in [3.8, 4) is 0 Å². The Morgan fingerprint density at radius 2 is 0.733 bits per heavy atom. The van der Waals surface area contributed by atoms with Gasteiger partial charge in [0.15, 0.2) is 0 Å². The molecule has 8 unspecified atom stereocenters. The number of hydrogen-bond donors (Lipinski definition) is 3. The summed E-state index contributed by atoms with van der Waals surface area (Å²) < 4.78 is 55.4. The molecule has 0 aromatic carbocycles. The van der Waals surface area contributed by atoms with Crippen LogP contribution in [0, 0.1) is 47.3 Å². The smallest absolute Gasteiger partial charge is 0.388 e. The molecule has 0 aliphatic rings. The van der Waals surface area contributed by atoms with Gasteiger partial charge in [0, 0.05) is 20.3 Å². The van der Waals surface area contributed by atoms with Crippen molar-refractivity contribution < 1.29 is 51.6 Å². The van der Waals surface area contributed by atoms with Gasteiger partial charge in [-0.3, -0.25) is 18.1 Å². The van der Waals surface area contributed by atoms with Crippen LogP contribution in [-0.4, -0.2) is 73.9 Å². The van der Waals surface area contributed by atoms with Crippen LogP contribution >= 0.6 is 15.6 Å². The van der Waals surface area contributed by atoms with E-state index in [2.05, 4.69) is 78.3 Å². The average molecular weight is 901 g/mol. The van der Waals surface area contributed by atoms with Crippen molar-refractivity contribution in [2.75, 3.05) is 46.8 Å². The first kappa shape index (κ1) is 60.1. The van der Waals surface area contributed by atoms with E-state index in [0.717, 1.165) is 61.9 Å². The quantitative estimate of drug-likeness (QED) is 0.0396. The molecular formula is C47H98O11P2. The van der Waals surface area contributed by atoms with Gasteiger partial charge in [-0.2, -0.15) is 0 Å². The lowest BCUT2D eigenvalue weighted by Crippen LogP contribution is -2.27. The fourth-order valence-corrected chi connectivity index (χ4v) is 8.89. The maximum Gasteiger partial charge on any atom is 0.472 e. The Balaban J connectivity index is 4.73. The molecule has 60 heavy (non-hydrogen) atoms. The summed E-state index contributed by atoms with van der Waals surface area (Å²) in [5, 5.41) is 9.99. The van der Waals surface area contributed by atoms with Crippen molar-refractivity contribution in [3.05, 3.63) is 0 Å². The van der Waals surface area contributed by atoms with Crippen molar-refractivity contribution >= 4 is 15.6 Å². The lowest BCUT2D eigenvalue weighted by Gasteiger charge is -2.22. The van der Waals surface area contributed by atoms with Gasteiger partial charge >= 0.3 is 15.6 Å². The Hall–Kier alpha value is 0.1000. The zero-order valence-corrected chi connectivity index (χ0v) is 42.4. The maximum atomic E-state index is 12.6. The number of ether oxygens (including phenoxy) is 2. The van der Waals surface area contributed by atoms with E-state index in [-0.39, 0.29) is 13.2 Å². The predicted molar refractivity (Wildman–Crippen MR) is 248 cm³/mol. The maximum absolute atomic E-state index is 12.6. The molecule has 10 atom stereocenters. The fraction of sp³-hybridized carbons (Fsp3) is 1.00. The van der Waals surface area contributed by atoms with Gasteiger partial charge in [-0.1, -0.05) is 185 Å². The summed E-state index contributed by atoms with van der Waals surface area (Å²) in [6.07, 6.45) is 23.0. The summed E-state index contributed by atoms with van der Waals surface area (Å²) in [6.45, 7) is 23.1. The second-order valence-corrected chi connectivity index (χ2v) is 22.8. The molecule has 0 bridgehead atoms. The van der Waals surface area contributed by atoms with Crippen LogP contribution in [0.2, 0.25) is 0 Å². The van der Waals surface area contributed by atoms with Crippen LogP contribution < -0.4 is 0 Å². The molecule has 0 saturated carbocycles. The molecule has 0 amide bonds. The Morgan fingerprint density at radius 1 is 0.417 bits per heavy atom. The third-order valence-corrected chi connectivity index (χ3v) is 14.0. The van der Waals surface area contributed by atoms with Crippen LogP contribution in [0.5, 0.6) is 0 Å². The highest BCUT2D eigenvalue weighted by Gasteiger charge is 2.27. The Kier molecular flexibility index (Phi) is 36.4. The highest BCUT2D eigenvalue weighted by molar-refractivity contribution is 7.47. The Labute approximate surface area is 370 Å². The van der Waals surface area contributed by atoms with E-state index in [9.17, 15) is 24.0 Å². The van der Waals surface area contributed by atoms with Crippen LogP contribution in [0.3, 0.4) is 0 Å². The molecule has 0 saturated heterocycles. The normalized spacial score (nSPS) is 18.5. The zero-order valence-electron chi connectivity index (χ0n) is 40.7. The molecule has 362 valence electrons. The highest BCUT2D eigenvalue weighted by atomic mass is 31.2. The van der Waals surface area contributed by atoms with Crippen molar-refractivity contribution in [1.29, 1.82) is 0 Å². The molecule has 0 aromatic heterocycles. The predicted octanol–water partition coefficient (Wildman–Crippen LogP) is 13.6. The third kappa shape index (κ3) is 38.5. The molecule has 0 heterocycles. The van der Waals surface area contributed by atoms with Gasteiger partial charge < -0.3 is 24.4 Å². The number of phosphoric acid groups is 2. The highest BCUT2D eigenvalue weighted by Crippen LogP contribution is 2.44. The summed E-state index contributed by atoms with van der Waals surface area (Å²) in [7, 11) is -7.90. The lowest BCUT2D eigenvalue weighted by atomic mass is 9.91. The number of hydrogen-bond acceptors (Lipinski definition) is 9. The molecule has 3 N–H and O–H groups in total. The van der Waals surface area contributed by atoms with E-state index in [1.165, 1.54) is 109 Å². The van der Waals surface area contributed by atoms with E-state index >= 15 is 0 Å². The largest absolute Gasteiger partial charge is 0.472 e. The van der Waals surface area contributed by atoms with Crippen LogP contribution in [0.25, 0.3) is 0 Å². The number of aliphatic hydroxyl groups excluding tert-OH is 1. The SMILES string of the molecule is COP(=O)(O)OC[C@H](O)COP(=O)(O)OC[C@@H](COCCC(C)CCCC(C)CCCC(C)CCCC(C)C)OCCC(C)CCCC(C)CCCC(C)CCCC(C)C. The van der Waals surface area contributed by atoms with Crippen molar-refractivity contribution in [1.82, 2.24) is 0 Å². The van der Waals surface area contributed by atoms with E-state index in [0.29, 0.717) is 25.0 Å². The van der Waals surface area contributed by atoms with Crippen molar-refractivity contribution in [2.45, 2.75) is 210 Å². The van der Waals surface area contributed by atoms with Gasteiger partial charge in [-0.15, -0.1) is 0 Å². The molecule has 0 aromatic rings. The van der Waals surface area contributed by atoms with Crippen LogP contribution in [-0.2, 0) is 36.7 Å². The number of aliphatic hydroxyl groups is 1. The molecular weight excluding hydrogens is 802 g/mol. The van der Waals surface area contributed by atoms with Gasteiger partial charge in [0.25, 0.3) is 0 Å². The minimum atomic E-state index is -4.58. The Bertz CT molecular complexity index is 1080. The molecule has 0 aliphatic heterocycles. The van der Waals surface area contributed by atoms with E-state index in [4.69, 9.17) is 18.5 Å². The zero-order chi connectivity index (χ0) is 45.4. The minimum Gasteiger partial charge on any atom is -0.388 e. The summed E-state index contributed by atoms with van der Waals surface area (Å²) >= 11 is 0. The van der Waals surface area contributed by atoms with Gasteiger partial charge in [0.2, 0.25) is 0 Å². The van der Waals surface area contributed by atoms with E-state index < -0.39 is 41.1 Å². The van der Waals surface area contributed by atoms with Crippen molar-refractivity contribution in [3.63, 3.8) is 0 Å². The average Bonchev–Trinajstić information content (AvgIpc) is 3.16. The molecule has 0 rings (SSSR count). The van der Waals surface area contributed by atoms with Crippen LogP contribution in [0.1, 0.15) is 198 Å². The lowest BCUT2D eigenvalue weighted by molar-refractivity contribution is -0.0492. The van der Waals surface area contributed by atoms with Crippen molar-refractivity contribution in [2.24, 2.45) is 47.3 Å². The summed E-state index contributed by atoms with van der Waals surface area (Å²) in [4.78, 5) is 19.6. The van der Waals surface area contributed by atoms with Crippen LogP contribution in [0.4, 0.5) is 0 Å². The molecule has 13 heteroatoms. The first-order valence-corrected chi connectivity index (χ1v) is 27.2. The summed E-state index contributed by atoms with van der Waals surface area (Å²) in [5.41, 5.74) is 0.